The van der Waals surface area contributed by atoms with Crippen molar-refractivity contribution in [3.63, 3.8) is 0 Å². The quantitative estimate of drug-likeness (QED) is 0.635. The standard InChI is InChI=1S/C24H26N6O2/c1-28-22(31)14-20(19-10-11-25-16-26-19)27-24(28)29-12-4-8-18(15-29)23(32)30-13-5-7-17-6-2-3-9-21(17)30/h2-3,6,9-11,14,16,18H,4-5,7-8,12-13,15H2,1H3. The zero-order chi connectivity index (χ0) is 22.1. The summed E-state index contributed by atoms with van der Waals surface area (Å²) < 4.78 is 1.55. The molecule has 0 saturated carbocycles. The Bertz CT molecular complexity index is 1190. The summed E-state index contributed by atoms with van der Waals surface area (Å²) in [6, 6.07) is 11.4. The number of anilines is 2. The van der Waals surface area contributed by atoms with E-state index in [-0.39, 0.29) is 17.4 Å². The van der Waals surface area contributed by atoms with Crippen molar-refractivity contribution in [3.05, 3.63) is 64.8 Å². The van der Waals surface area contributed by atoms with Crippen molar-refractivity contribution in [1.29, 1.82) is 0 Å². The number of rotatable bonds is 3. The van der Waals surface area contributed by atoms with E-state index < -0.39 is 0 Å². The number of benzene rings is 1. The Morgan fingerprint density at radius 2 is 1.97 bits per heavy atom. The van der Waals surface area contributed by atoms with Gasteiger partial charge in [0.15, 0.2) is 0 Å². The molecular formula is C24H26N6O2. The van der Waals surface area contributed by atoms with Crippen molar-refractivity contribution in [1.82, 2.24) is 19.5 Å². The molecule has 5 rings (SSSR count). The van der Waals surface area contributed by atoms with E-state index in [1.54, 1.807) is 23.9 Å². The van der Waals surface area contributed by atoms with E-state index in [0.29, 0.717) is 23.9 Å². The normalized spacial score (nSPS) is 18.3. The molecule has 1 saturated heterocycles. The number of carbonyl (C=O) groups excluding carboxylic acids is 1. The Morgan fingerprint density at radius 1 is 1.09 bits per heavy atom. The third kappa shape index (κ3) is 3.77. The molecule has 2 aliphatic rings. The largest absolute Gasteiger partial charge is 0.341 e. The van der Waals surface area contributed by atoms with Crippen molar-refractivity contribution in [3.8, 4) is 11.4 Å². The first-order valence-corrected chi connectivity index (χ1v) is 11.1. The summed E-state index contributed by atoms with van der Waals surface area (Å²) in [5.41, 5.74) is 3.25. The molecule has 0 radical (unpaired) electrons. The number of piperidine rings is 1. The first kappa shape index (κ1) is 20.4. The van der Waals surface area contributed by atoms with Crippen LogP contribution >= 0.6 is 0 Å². The van der Waals surface area contributed by atoms with Gasteiger partial charge in [-0.15, -0.1) is 0 Å². The van der Waals surface area contributed by atoms with E-state index >= 15 is 0 Å². The summed E-state index contributed by atoms with van der Waals surface area (Å²) in [5.74, 6) is 0.607. The second kappa shape index (κ2) is 8.53. The highest BCUT2D eigenvalue weighted by Gasteiger charge is 2.33. The molecule has 1 atom stereocenters. The Hall–Kier alpha value is -3.55. The average molecular weight is 431 g/mol. The van der Waals surface area contributed by atoms with Crippen LogP contribution in [0.2, 0.25) is 0 Å². The van der Waals surface area contributed by atoms with Gasteiger partial charge in [-0.05, 0) is 43.4 Å². The first-order valence-electron chi connectivity index (χ1n) is 11.1. The minimum absolute atomic E-state index is 0.130. The number of aromatic nitrogens is 4. The number of hydrogen-bond acceptors (Lipinski definition) is 6. The van der Waals surface area contributed by atoms with Crippen molar-refractivity contribution in [2.24, 2.45) is 13.0 Å². The van der Waals surface area contributed by atoms with Crippen molar-refractivity contribution in [2.75, 3.05) is 29.4 Å². The topological polar surface area (TPSA) is 84.2 Å². The lowest BCUT2D eigenvalue weighted by molar-refractivity contribution is -0.122. The number of nitrogens with zero attached hydrogens (tertiary/aromatic N) is 6. The van der Waals surface area contributed by atoms with Gasteiger partial charge in [0.2, 0.25) is 11.9 Å². The Labute approximate surface area is 186 Å². The maximum absolute atomic E-state index is 13.5. The van der Waals surface area contributed by atoms with E-state index in [0.717, 1.165) is 44.5 Å². The van der Waals surface area contributed by atoms with Gasteiger partial charge in [0, 0.05) is 44.6 Å². The summed E-state index contributed by atoms with van der Waals surface area (Å²) in [5, 5.41) is 0. The Morgan fingerprint density at radius 3 is 2.81 bits per heavy atom. The number of amides is 1. The molecule has 1 fully saturated rings. The zero-order valence-corrected chi connectivity index (χ0v) is 18.1. The molecule has 8 heteroatoms. The number of para-hydroxylation sites is 1. The van der Waals surface area contributed by atoms with Crippen LogP contribution in [0.15, 0.2) is 53.7 Å². The average Bonchev–Trinajstić information content (AvgIpc) is 2.85. The van der Waals surface area contributed by atoms with Crippen LogP contribution in [-0.2, 0) is 18.3 Å². The van der Waals surface area contributed by atoms with Gasteiger partial charge < -0.3 is 9.80 Å². The number of hydrogen-bond donors (Lipinski definition) is 0. The molecule has 3 aromatic rings. The minimum atomic E-state index is -0.151. The summed E-state index contributed by atoms with van der Waals surface area (Å²) in [7, 11) is 1.72. The molecule has 164 valence electrons. The molecule has 1 aromatic carbocycles. The van der Waals surface area contributed by atoms with Gasteiger partial charge in [0.05, 0.1) is 17.3 Å². The lowest BCUT2D eigenvalue weighted by atomic mass is 9.94. The highest BCUT2D eigenvalue weighted by Crippen LogP contribution is 2.31. The molecule has 1 unspecified atom stereocenters. The molecule has 32 heavy (non-hydrogen) atoms. The minimum Gasteiger partial charge on any atom is -0.341 e. The predicted octanol–water partition coefficient (Wildman–Crippen LogP) is 2.43. The maximum atomic E-state index is 13.5. The van der Waals surface area contributed by atoms with Crippen LogP contribution in [0.25, 0.3) is 11.4 Å². The highest BCUT2D eigenvalue weighted by molar-refractivity contribution is 5.96. The highest BCUT2D eigenvalue weighted by atomic mass is 16.2. The zero-order valence-electron chi connectivity index (χ0n) is 18.1. The van der Waals surface area contributed by atoms with Gasteiger partial charge in [-0.25, -0.2) is 15.0 Å². The van der Waals surface area contributed by atoms with E-state index in [4.69, 9.17) is 4.98 Å². The van der Waals surface area contributed by atoms with Crippen LogP contribution in [0.3, 0.4) is 0 Å². The van der Waals surface area contributed by atoms with Crippen LogP contribution < -0.4 is 15.4 Å². The van der Waals surface area contributed by atoms with Gasteiger partial charge in [-0.1, -0.05) is 18.2 Å². The van der Waals surface area contributed by atoms with Gasteiger partial charge in [-0.3, -0.25) is 14.2 Å². The maximum Gasteiger partial charge on any atom is 0.255 e. The number of fused-ring (bicyclic) bond motifs is 1. The fourth-order valence-corrected chi connectivity index (χ4v) is 4.73. The predicted molar refractivity (Wildman–Crippen MR) is 123 cm³/mol. The molecule has 0 spiro atoms. The summed E-state index contributed by atoms with van der Waals surface area (Å²) in [4.78, 5) is 43.1. The van der Waals surface area contributed by atoms with Gasteiger partial charge in [0.1, 0.15) is 6.33 Å². The SMILES string of the molecule is Cn1c(N2CCCC(C(=O)N3CCCc4ccccc43)C2)nc(-c2ccncn2)cc1=O. The van der Waals surface area contributed by atoms with E-state index in [1.165, 1.54) is 18.0 Å². The fraction of sp³-hybridized carbons (Fsp3) is 0.375. The summed E-state index contributed by atoms with van der Waals surface area (Å²) >= 11 is 0. The second-order valence-corrected chi connectivity index (χ2v) is 8.44. The number of aryl methyl sites for hydroxylation is 1. The van der Waals surface area contributed by atoms with Crippen LogP contribution in [0, 0.1) is 5.92 Å². The second-order valence-electron chi connectivity index (χ2n) is 8.44. The smallest absolute Gasteiger partial charge is 0.255 e. The van der Waals surface area contributed by atoms with E-state index in [1.807, 2.05) is 23.1 Å². The van der Waals surface area contributed by atoms with Gasteiger partial charge in [-0.2, -0.15) is 0 Å². The molecule has 4 heterocycles. The third-order valence-corrected chi connectivity index (χ3v) is 6.39. The summed E-state index contributed by atoms with van der Waals surface area (Å²) in [6.07, 6.45) is 6.79. The van der Waals surface area contributed by atoms with Crippen molar-refractivity contribution >= 4 is 17.5 Å². The molecule has 1 amide bonds. The molecule has 2 aromatic heterocycles. The van der Waals surface area contributed by atoms with Crippen LogP contribution in [-0.4, -0.2) is 45.1 Å². The van der Waals surface area contributed by atoms with Gasteiger partial charge >= 0.3 is 0 Å². The van der Waals surface area contributed by atoms with E-state index in [2.05, 4.69) is 20.9 Å². The Balaban J connectivity index is 1.42. The van der Waals surface area contributed by atoms with Gasteiger partial charge in [0.25, 0.3) is 5.56 Å². The molecule has 0 bridgehead atoms. The Kier molecular flexibility index (Phi) is 5.43. The third-order valence-electron chi connectivity index (χ3n) is 6.39. The fourth-order valence-electron chi connectivity index (χ4n) is 4.73. The van der Waals surface area contributed by atoms with Crippen LogP contribution in [0.1, 0.15) is 24.8 Å². The lowest BCUT2D eigenvalue weighted by Crippen LogP contribution is -2.47. The van der Waals surface area contributed by atoms with Crippen LogP contribution in [0.5, 0.6) is 0 Å². The number of carbonyl (C=O) groups is 1. The van der Waals surface area contributed by atoms with Crippen molar-refractivity contribution in [2.45, 2.75) is 25.7 Å². The molecule has 0 N–H and O–H groups in total. The lowest BCUT2D eigenvalue weighted by Gasteiger charge is -2.37. The van der Waals surface area contributed by atoms with Crippen LogP contribution in [0.4, 0.5) is 11.6 Å². The van der Waals surface area contributed by atoms with E-state index in [9.17, 15) is 9.59 Å². The molecule has 0 aliphatic carbocycles. The molecular weight excluding hydrogens is 404 g/mol. The van der Waals surface area contributed by atoms with Crippen molar-refractivity contribution < 1.29 is 4.79 Å². The molecule has 8 nitrogen and oxygen atoms in total. The summed E-state index contributed by atoms with van der Waals surface area (Å²) in [6.45, 7) is 2.06. The first-order chi connectivity index (χ1) is 15.6. The molecule has 2 aliphatic heterocycles. The monoisotopic (exact) mass is 430 g/mol.